The third-order valence-electron chi connectivity index (χ3n) is 2.89. The van der Waals surface area contributed by atoms with Crippen LogP contribution < -0.4 is 10.5 Å². The number of hydrogen-bond acceptors (Lipinski definition) is 3. The Morgan fingerprint density at radius 3 is 2.71 bits per heavy atom. The molecule has 0 aromatic heterocycles. The van der Waals surface area contributed by atoms with E-state index in [9.17, 15) is 4.79 Å². The molecule has 2 N–H and O–H groups in total. The van der Waals surface area contributed by atoms with Crippen molar-refractivity contribution in [1.82, 2.24) is 4.90 Å². The van der Waals surface area contributed by atoms with Gasteiger partial charge in [0.1, 0.15) is 12.4 Å². The van der Waals surface area contributed by atoms with E-state index in [-0.39, 0.29) is 5.91 Å². The van der Waals surface area contributed by atoms with Crippen molar-refractivity contribution in [3.05, 3.63) is 29.8 Å². The van der Waals surface area contributed by atoms with Crippen molar-refractivity contribution in [3.8, 4) is 5.75 Å². The lowest BCUT2D eigenvalue weighted by molar-refractivity contribution is 0.0788. The number of rotatable bonds is 4. The zero-order valence-electron chi connectivity index (χ0n) is 9.89. The number of nitrogens with zero attached hydrogens (tertiary/aromatic N) is 1. The highest BCUT2D eigenvalue weighted by atomic mass is 16.5. The summed E-state index contributed by atoms with van der Waals surface area (Å²) in [7, 11) is 0. The summed E-state index contributed by atoms with van der Waals surface area (Å²) < 4.78 is 5.49. The number of para-hydroxylation sites is 1. The molecule has 92 valence electrons. The van der Waals surface area contributed by atoms with Gasteiger partial charge in [-0.1, -0.05) is 12.1 Å². The zero-order valence-corrected chi connectivity index (χ0v) is 9.89. The van der Waals surface area contributed by atoms with Crippen LogP contribution >= 0.6 is 0 Å². The molecule has 1 saturated heterocycles. The molecule has 0 aliphatic carbocycles. The van der Waals surface area contributed by atoms with Gasteiger partial charge in [0, 0.05) is 19.6 Å². The summed E-state index contributed by atoms with van der Waals surface area (Å²) in [6.45, 7) is 2.59. The highest BCUT2D eigenvalue weighted by Crippen LogP contribution is 2.21. The molecule has 1 amide bonds. The molecule has 2 rings (SSSR count). The van der Waals surface area contributed by atoms with Gasteiger partial charge in [-0.25, -0.2) is 0 Å². The Morgan fingerprint density at radius 1 is 1.29 bits per heavy atom. The summed E-state index contributed by atoms with van der Waals surface area (Å²) in [6.07, 6.45) is 2.19. The minimum Gasteiger partial charge on any atom is -0.491 e. The fraction of sp³-hybridized carbons (Fsp3) is 0.462. The molecule has 0 spiro atoms. The fourth-order valence-electron chi connectivity index (χ4n) is 2.03. The lowest BCUT2D eigenvalue weighted by atomic mass is 10.2. The van der Waals surface area contributed by atoms with Crippen molar-refractivity contribution in [1.29, 1.82) is 0 Å². The van der Waals surface area contributed by atoms with Crippen molar-refractivity contribution in [2.24, 2.45) is 5.73 Å². The molecule has 0 radical (unpaired) electrons. The van der Waals surface area contributed by atoms with Gasteiger partial charge in [-0.2, -0.15) is 0 Å². The third-order valence-corrected chi connectivity index (χ3v) is 2.89. The predicted octanol–water partition coefficient (Wildman–Crippen LogP) is 1.26. The molecule has 1 aliphatic heterocycles. The number of nitrogens with two attached hydrogens (primary N) is 1. The van der Waals surface area contributed by atoms with Crippen LogP contribution in [0.2, 0.25) is 0 Å². The van der Waals surface area contributed by atoms with E-state index in [1.54, 1.807) is 0 Å². The van der Waals surface area contributed by atoms with Crippen LogP contribution in [0, 0.1) is 0 Å². The van der Waals surface area contributed by atoms with E-state index in [2.05, 4.69) is 0 Å². The smallest absolute Gasteiger partial charge is 0.257 e. The number of benzene rings is 1. The van der Waals surface area contributed by atoms with Gasteiger partial charge in [-0.3, -0.25) is 4.79 Å². The Kier molecular flexibility index (Phi) is 3.98. The second kappa shape index (κ2) is 5.68. The molecular formula is C13H18N2O2. The number of likely N-dealkylation sites (tertiary alicyclic amines) is 1. The van der Waals surface area contributed by atoms with E-state index in [0.717, 1.165) is 25.9 Å². The second-order valence-corrected chi connectivity index (χ2v) is 4.13. The van der Waals surface area contributed by atoms with E-state index >= 15 is 0 Å². The van der Waals surface area contributed by atoms with Crippen LogP contribution in [0.5, 0.6) is 5.75 Å². The van der Waals surface area contributed by atoms with Crippen LogP contribution in [0.25, 0.3) is 0 Å². The second-order valence-electron chi connectivity index (χ2n) is 4.13. The minimum atomic E-state index is 0.0649. The van der Waals surface area contributed by atoms with E-state index in [0.29, 0.717) is 24.5 Å². The number of ether oxygens (including phenoxy) is 1. The lowest BCUT2D eigenvalue weighted by Crippen LogP contribution is -2.28. The molecular weight excluding hydrogens is 216 g/mol. The first-order chi connectivity index (χ1) is 8.33. The van der Waals surface area contributed by atoms with Crippen LogP contribution in [0.15, 0.2) is 24.3 Å². The first-order valence-electron chi connectivity index (χ1n) is 6.04. The molecule has 4 heteroatoms. The summed E-state index contributed by atoms with van der Waals surface area (Å²) in [5, 5.41) is 0. The van der Waals surface area contributed by atoms with Crippen LogP contribution in [-0.2, 0) is 0 Å². The Balaban J connectivity index is 2.15. The van der Waals surface area contributed by atoms with Crippen molar-refractivity contribution >= 4 is 5.91 Å². The first-order valence-corrected chi connectivity index (χ1v) is 6.04. The molecule has 0 unspecified atom stereocenters. The normalized spacial score (nSPS) is 15.0. The Bertz CT molecular complexity index is 387. The molecule has 1 heterocycles. The summed E-state index contributed by atoms with van der Waals surface area (Å²) in [5.41, 5.74) is 6.05. The van der Waals surface area contributed by atoms with Gasteiger partial charge < -0.3 is 15.4 Å². The molecule has 1 fully saturated rings. The van der Waals surface area contributed by atoms with Crippen molar-refractivity contribution in [2.45, 2.75) is 12.8 Å². The number of carbonyl (C=O) groups excluding carboxylic acids is 1. The maximum absolute atomic E-state index is 12.2. The van der Waals surface area contributed by atoms with Gasteiger partial charge in [0.2, 0.25) is 0 Å². The largest absolute Gasteiger partial charge is 0.491 e. The first kappa shape index (κ1) is 11.9. The van der Waals surface area contributed by atoms with Gasteiger partial charge in [-0.15, -0.1) is 0 Å². The van der Waals surface area contributed by atoms with Crippen molar-refractivity contribution < 1.29 is 9.53 Å². The molecule has 1 aromatic carbocycles. The maximum atomic E-state index is 12.2. The molecule has 1 aromatic rings. The number of amides is 1. The van der Waals surface area contributed by atoms with Crippen LogP contribution in [0.1, 0.15) is 23.2 Å². The fourth-order valence-corrected chi connectivity index (χ4v) is 2.03. The molecule has 1 aliphatic rings. The summed E-state index contributed by atoms with van der Waals surface area (Å²) in [6, 6.07) is 7.36. The van der Waals surface area contributed by atoms with Crippen molar-refractivity contribution in [2.75, 3.05) is 26.2 Å². The zero-order chi connectivity index (χ0) is 12.1. The predicted molar refractivity (Wildman–Crippen MR) is 66.1 cm³/mol. The summed E-state index contributed by atoms with van der Waals surface area (Å²) >= 11 is 0. The average Bonchev–Trinajstić information content (AvgIpc) is 2.89. The number of hydrogen-bond donors (Lipinski definition) is 1. The monoisotopic (exact) mass is 234 g/mol. The third kappa shape index (κ3) is 2.77. The Morgan fingerprint density at radius 2 is 2.00 bits per heavy atom. The van der Waals surface area contributed by atoms with Gasteiger partial charge >= 0.3 is 0 Å². The van der Waals surface area contributed by atoms with Gasteiger partial charge in [0.15, 0.2) is 0 Å². The standard InChI is InChI=1S/C13H18N2O2/c14-7-10-17-12-6-2-1-5-11(12)13(16)15-8-3-4-9-15/h1-2,5-6H,3-4,7-10,14H2. The summed E-state index contributed by atoms with van der Waals surface area (Å²) in [5.74, 6) is 0.699. The maximum Gasteiger partial charge on any atom is 0.257 e. The lowest BCUT2D eigenvalue weighted by Gasteiger charge is -2.17. The quantitative estimate of drug-likeness (QED) is 0.853. The van der Waals surface area contributed by atoms with E-state index in [1.807, 2.05) is 29.2 Å². The van der Waals surface area contributed by atoms with E-state index < -0.39 is 0 Å². The molecule has 0 saturated carbocycles. The van der Waals surface area contributed by atoms with Gasteiger partial charge in [-0.05, 0) is 25.0 Å². The van der Waals surface area contributed by atoms with E-state index in [4.69, 9.17) is 10.5 Å². The highest BCUT2D eigenvalue weighted by molar-refractivity contribution is 5.97. The van der Waals surface area contributed by atoms with Crippen LogP contribution in [0.3, 0.4) is 0 Å². The van der Waals surface area contributed by atoms with Crippen LogP contribution in [0.4, 0.5) is 0 Å². The molecule has 4 nitrogen and oxygen atoms in total. The van der Waals surface area contributed by atoms with Gasteiger partial charge in [0.05, 0.1) is 5.56 Å². The Labute approximate surface area is 101 Å². The number of carbonyl (C=O) groups is 1. The molecule has 0 bridgehead atoms. The van der Waals surface area contributed by atoms with E-state index in [1.165, 1.54) is 0 Å². The minimum absolute atomic E-state index is 0.0649. The average molecular weight is 234 g/mol. The van der Waals surface area contributed by atoms with Crippen LogP contribution in [-0.4, -0.2) is 37.0 Å². The van der Waals surface area contributed by atoms with Gasteiger partial charge in [0.25, 0.3) is 5.91 Å². The SMILES string of the molecule is NCCOc1ccccc1C(=O)N1CCCC1. The summed E-state index contributed by atoms with van der Waals surface area (Å²) in [4.78, 5) is 14.1. The molecule has 0 atom stereocenters. The highest BCUT2D eigenvalue weighted by Gasteiger charge is 2.21. The van der Waals surface area contributed by atoms with Crippen molar-refractivity contribution in [3.63, 3.8) is 0 Å². The Hall–Kier alpha value is -1.55. The molecule has 17 heavy (non-hydrogen) atoms. The topological polar surface area (TPSA) is 55.6 Å².